The van der Waals surface area contributed by atoms with E-state index in [9.17, 15) is 9.59 Å². The average Bonchev–Trinajstić information content (AvgIpc) is 2.39. The Hall–Kier alpha value is -1.10. The zero-order valence-corrected chi connectivity index (χ0v) is 10.9. The van der Waals surface area contributed by atoms with Gasteiger partial charge in [0.2, 0.25) is 11.8 Å². The highest BCUT2D eigenvalue weighted by Crippen LogP contribution is 2.22. The van der Waals surface area contributed by atoms with Gasteiger partial charge in [-0.2, -0.15) is 0 Å². The number of nitrogens with one attached hydrogen (secondary N) is 1. The number of rotatable bonds is 3. The van der Waals surface area contributed by atoms with Crippen LogP contribution in [-0.4, -0.2) is 42.9 Å². The maximum atomic E-state index is 12.3. The highest BCUT2D eigenvalue weighted by Gasteiger charge is 2.29. The SMILES string of the molecule is NC(=O)CC1CCN(C(=O)C2CCCNC2)CC1. The molecule has 0 aromatic heterocycles. The van der Waals surface area contributed by atoms with Gasteiger partial charge in [0.15, 0.2) is 0 Å². The van der Waals surface area contributed by atoms with Gasteiger partial charge in [-0.25, -0.2) is 0 Å². The Kier molecular flexibility index (Phi) is 4.58. The summed E-state index contributed by atoms with van der Waals surface area (Å²) in [4.78, 5) is 25.1. The molecule has 2 heterocycles. The number of nitrogens with two attached hydrogens (primary N) is 1. The number of hydrogen-bond acceptors (Lipinski definition) is 3. The number of hydrogen-bond donors (Lipinski definition) is 2. The molecular weight excluding hydrogens is 230 g/mol. The van der Waals surface area contributed by atoms with Crippen LogP contribution in [0.4, 0.5) is 0 Å². The number of nitrogens with zero attached hydrogens (tertiary/aromatic N) is 1. The highest BCUT2D eigenvalue weighted by molar-refractivity contribution is 5.79. The van der Waals surface area contributed by atoms with Crippen LogP contribution in [0.2, 0.25) is 0 Å². The second-order valence-electron chi connectivity index (χ2n) is 5.48. The van der Waals surface area contributed by atoms with Crippen LogP contribution < -0.4 is 11.1 Å². The van der Waals surface area contributed by atoms with Crippen LogP contribution in [0.1, 0.15) is 32.1 Å². The molecule has 1 unspecified atom stereocenters. The van der Waals surface area contributed by atoms with Crippen LogP contribution in [0.5, 0.6) is 0 Å². The Labute approximate surface area is 108 Å². The molecule has 5 nitrogen and oxygen atoms in total. The number of carbonyl (C=O) groups excluding carboxylic acids is 2. The number of primary amides is 1. The van der Waals surface area contributed by atoms with Gasteiger partial charge >= 0.3 is 0 Å². The van der Waals surface area contributed by atoms with Crippen LogP contribution in [0.25, 0.3) is 0 Å². The molecule has 2 saturated heterocycles. The van der Waals surface area contributed by atoms with E-state index in [0.29, 0.717) is 18.2 Å². The fourth-order valence-electron chi connectivity index (χ4n) is 2.96. The Morgan fingerprint density at radius 2 is 1.94 bits per heavy atom. The molecule has 0 aromatic rings. The first-order valence-electron chi connectivity index (χ1n) is 6.94. The molecule has 18 heavy (non-hydrogen) atoms. The van der Waals surface area contributed by atoms with Crippen LogP contribution in [0.15, 0.2) is 0 Å². The van der Waals surface area contributed by atoms with E-state index in [4.69, 9.17) is 5.73 Å². The second kappa shape index (κ2) is 6.18. The van der Waals surface area contributed by atoms with Crippen LogP contribution in [0, 0.1) is 11.8 Å². The lowest BCUT2D eigenvalue weighted by molar-refractivity contribution is -0.137. The van der Waals surface area contributed by atoms with Crippen LogP contribution >= 0.6 is 0 Å². The summed E-state index contributed by atoms with van der Waals surface area (Å²) in [7, 11) is 0. The third-order valence-electron chi connectivity index (χ3n) is 4.06. The van der Waals surface area contributed by atoms with Gasteiger partial charge in [0.05, 0.1) is 5.92 Å². The van der Waals surface area contributed by atoms with Crippen molar-refractivity contribution in [2.45, 2.75) is 32.1 Å². The van der Waals surface area contributed by atoms with E-state index >= 15 is 0 Å². The van der Waals surface area contributed by atoms with E-state index in [2.05, 4.69) is 5.32 Å². The molecule has 0 spiro atoms. The summed E-state index contributed by atoms with van der Waals surface area (Å²) in [5, 5.41) is 3.28. The van der Waals surface area contributed by atoms with Gasteiger partial charge in [-0.15, -0.1) is 0 Å². The van der Waals surface area contributed by atoms with E-state index in [1.807, 2.05) is 4.90 Å². The van der Waals surface area contributed by atoms with Gasteiger partial charge in [-0.05, 0) is 38.1 Å². The Balaban J connectivity index is 1.78. The monoisotopic (exact) mass is 253 g/mol. The molecule has 2 aliphatic rings. The Morgan fingerprint density at radius 3 is 2.50 bits per heavy atom. The van der Waals surface area contributed by atoms with Crippen molar-refractivity contribution in [3.8, 4) is 0 Å². The third-order valence-corrected chi connectivity index (χ3v) is 4.06. The zero-order chi connectivity index (χ0) is 13.0. The van der Waals surface area contributed by atoms with Crippen molar-refractivity contribution in [1.82, 2.24) is 10.2 Å². The Bertz CT molecular complexity index is 305. The fourth-order valence-corrected chi connectivity index (χ4v) is 2.96. The topological polar surface area (TPSA) is 75.4 Å². The molecule has 2 aliphatic heterocycles. The van der Waals surface area contributed by atoms with E-state index in [-0.39, 0.29) is 11.8 Å². The minimum Gasteiger partial charge on any atom is -0.370 e. The molecule has 0 bridgehead atoms. The lowest BCUT2D eigenvalue weighted by Gasteiger charge is -2.35. The fraction of sp³-hybridized carbons (Fsp3) is 0.846. The van der Waals surface area contributed by atoms with Crippen LogP contribution in [-0.2, 0) is 9.59 Å². The number of amides is 2. The van der Waals surface area contributed by atoms with E-state index in [0.717, 1.165) is 51.9 Å². The largest absolute Gasteiger partial charge is 0.370 e. The molecule has 0 radical (unpaired) electrons. The molecule has 0 aromatic carbocycles. The number of likely N-dealkylation sites (tertiary alicyclic amines) is 1. The lowest BCUT2D eigenvalue weighted by Crippen LogP contribution is -2.46. The summed E-state index contributed by atoms with van der Waals surface area (Å²) in [6.07, 6.45) is 4.39. The first kappa shape index (κ1) is 13.3. The van der Waals surface area contributed by atoms with Gasteiger partial charge in [0.25, 0.3) is 0 Å². The minimum atomic E-state index is -0.226. The lowest BCUT2D eigenvalue weighted by atomic mass is 9.91. The predicted octanol–water partition coefficient (Wildman–Crippen LogP) is 0.1000. The zero-order valence-electron chi connectivity index (χ0n) is 10.9. The summed E-state index contributed by atoms with van der Waals surface area (Å²) < 4.78 is 0. The van der Waals surface area contributed by atoms with Gasteiger partial charge in [-0.3, -0.25) is 9.59 Å². The molecule has 0 saturated carbocycles. The molecule has 2 rings (SSSR count). The molecule has 1 atom stereocenters. The minimum absolute atomic E-state index is 0.159. The smallest absolute Gasteiger partial charge is 0.226 e. The maximum Gasteiger partial charge on any atom is 0.226 e. The summed E-state index contributed by atoms with van der Waals surface area (Å²) in [5.41, 5.74) is 5.21. The summed E-state index contributed by atoms with van der Waals surface area (Å²) in [5.74, 6) is 0.596. The molecule has 5 heteroatoms. The normalized spacial score (nSPS) is 26.0. The van der Waals surface area contributed by atoms with E-state index in [1.54, 1.807) is 0 Å². The van der Waals surface area contributed by atoms with Gasteiger partial charge < -0.3 is 16.0 Å². The highest BCUT2D eigenvalue weighted by atomic mass is 16.2. The average molecular weight is 253 g/mol. The maximum absolute atomic E-state index is 12.3. The quantitative estimate of drug-likeness (QED) is 0.749. The molecule has 102 valence electrons. The summed E-state index contributed by atoms with van der Waals surface area (Å²) in [6.45, 7) is 3.42. The molecule has 2 fully saturated rings. The standard InChI is InChI=1S/C13H23N3O2/c14-12(17)8-10-3-6-16(7-4-10)13(18)11-2-1-5-15-9-11/h10-11,15H,1-9H2,(H2,14,17). The Morgan fingerprint density at radius 1 is 1.22 bits per heavy atom. The van der Waals surface area contributed by atoms with E-state index < -0.39 is 0 Å². The molecular formula is C13H23N3O2. The number of carbonyl (C=O) groups is 2. The van der Waals surface area contributed by atoms with Crippen molar-refractivity contribution >= 4 is 11.8 Å². The van der Waals surface area contributed by atoms with Crippen LogP contribution in [0.3, 0.4) is 0 Å². The van der Waals surface area contributed by atoms with Crippen molar-refractivity contribution in [3.05, 3.63) is 0 Å². The van der Waals surface area contributed by atoms with Gasteiger partial charge in [0.1, 0.15) is 0 Å². The van der Waals surface area contributed by atoms with E-state index in [1.165, 1.54) is 0 Å². The number of piperidine rings is 2. The second-order valence-corrected chi connectivity index (χ2v) is 5.48. The van der Waals surface area contributed by atoms with Crippen molar-refractivity contribution in [2.75, 3.05) is 26.2 Å². The summed E-state index contributed by atoms with van der Waals surface area (Å²) >= 11 is 0. The van der Waals surface area contributed by atoms with Crippen molar-refractivity contribution in [1.29, 1.82) is 0 Å². The molecule has 2 amide bonds. The van der Waals surface area contributed by atoms with Crippen molar-refractivity contribution < 1.29 is 9.59 Å². The van der Waals surface area contributed by atoms with Gasteiger partial charge in [0, 0.05) is 26.1 Å². The first-order valence-corrected chi connectivity index (χ1v) is 6.94. The predicted molar refractivity (Wildman–Crippen MR) is 68.7 cm³/mol. The van der Waals surface area contributed by atoms with Crippen molar-refractivity contribution in [3.63, 3.8) is 0 Å². The summed E-state index contributed by atoms with van der Waals surface area (Å²) in [6, 6.07) is 0. The third kappa shape index (κ3) is 3.45. The molecule has 3 N–H and O–H groups in total. The van der Waals surface area contributed by atoms with Gasteiger partial charge in [-0.1, -0.05) is 0 Å². The first-order chi connectivity index (χ1) is 8.66. The van der Waals surface area contributed by atoms with Crippen molar-refractivity contribution in [2.24, 2.45) is 17.6 Å². The molecule has 0 aliphatic carbocycles.